The van der Waals surface area contributed by atoms with Crippen LogP contribution >= 0.6 is 11.6 Å². The van der Waals surface area contributed by atoms with E-state index in [1.807, 2.05) is 18.2 Å². The van der Waals surface area contributed by atoms with Crippen LogP contribution in [0, 0.1) is 6.07 Å². The van der Waals surface area contributed by atoms with Crippen molar-refractivity contribution >= 4 is 39.3 Å². The van der Waals surface area contributed by atoms with Gasteiger partial charge in [0.05, 0.1) is 11.0 Å². The van der Waals surface area contributed by atoms with Gasteiger partial charge in [0.2, 0.25) is 5.91 Å². The molecule has 1 radical (unpaired) electrons. The first-order valence-corrected chi connectivity index (χ1v) is 8.96. The van der Waals surface area contributed by atoms with Gasteiger partial charge in [0.1, 0.15) is 0 Å². The van der Waals surface area contributed by atoms with Crippen LogP contribution in [0.5, 0.6) is 0 Å². The van der Waals surface area contributed by atoms with E-state index in [1.165, 1.54) is 11.1 Å². The number of benzene rings is 3. The molecule has 1 amide bonds. The van der Waals surface area contributed by atoms with Gasteiger partial charge in [0.15, 0.2) is 0 Å². The van der Waals surface area contributed by atoms with E-state index in [1.54, 1.807) is 12.1 Å². The maximum Gasteiger partial charge on any atom is 0.249 e. The molecule has 0 bridgehead atoms. The molecule has 4 aromatic rings. The number of carbonyl (C=O) groups is 1. The quantitative estimate of drug-likeness (QED) is 0.548. The molecule has 0 spiro atoms. The highest BCUT2D eigenvalue weighted by atomic mass is 35.5. The number of primary amides is 1. The van der Waals surface area contributed by atoms with Crippen LogP contribution in [0.25, 0.3) is 21.8 Å². The van der Waals surface area contributed by atoms with Crippen molar-refractivity contribution in [2.24, 2.45) is 5.73 Å². The molecule has 0 saturated carbocycles. The standard InChI is InChI=1S/C22H18ClN2O/c1-2-14-5-3-6-15(11-14)13-25-19-8-4-7-18(22(24)26)21(19)17-10-9-16(23)12-20(17)25/h3-9,11-12H,2,13H2,1H3,(H2,24,26). The summed E-state index contributed by atoms with van der Waals surface area (Å²) in [6.45, 7) is 2.83. The first kappa shape index (κ1) is 16.7. The van der Waals surface area contributed by atoms with Crippen molar-refractivity contribution in [3.63, 3.8) is 0 Å². The second-order valence-electron chi connectivity index (χ2n) is 6.40. The van der Waals surface area contributed by atoms with Gasteiger partial charge in [-0.15, -0.1) is 0 Å². The van der Waals surface area contributed by atoms with Crippen LogP contribution in [0.15, 0.2) is 54.6 Å². The number of halogens is 1. The lowest BCUT2D eigenvalue weighted by Gasteiger charge is -2.09. The maximum atomic E-state index is 11.9. The van der Waals surface area contributed by atoms with E-state index in [2.05, 4.69) is 41.8 Å². The van der Waals surface area contributed by atoms with E-state index in [0.29, 0.717) is 17.1 Å². The zero-order chi connectivity index (χ0) is 18.3. The van der Waals surface area contributed by atoms with Crippen LogP contribution in [0.3, 0.4) is 0 Å². The third-order valence-corrected chi connectivity index (χ3v) is 4.98. The Hall–Kier alpha value is -2.78. The topological polar surface area (TPSA) is 48.0 Å². The maximum absolute atomic E-state index is 11.9. The van der Waals surface area contributed by atoms with E-state index in [0.717, 1.165) is 28.2 Å². The average Bonchev–Trinajstić information content (AvgIpc) is 2.95. The number of hydrogen-bond donors (Lipinski definition) is 1. The molecule has 129 valence electrons. The first-order valence-electron chi connectivity index (χ1n) is 8.58. The molecule has 0 atom stereocenters. The van der Waals surface area contributed by atoms with Gasteiger partial charge in [0, 0.05) is 27.9 Å². The molecule has 0 unspecified atom stereocenters. The monoisotopic (exact) mass is 361 g/mol. The molecule has 3 nitrogen and oxygen atoms in total. The Morgan fingerprint density at radius 1 is 1.12 bits per heavy atom. The Bertz CT molecular complexity index is 1140. The van der Waals surface area contributed by atoms with Gasteiger partial charge < -0.3 is 10.3 Å². The molecule has 4 heteroatoms. The molecule has 26 heavy (non-hydrogen) atoms. The Labute approximate surface area is 157 Å². The van der Waals surface area contributed by atoms with Gasteiger partial charge >= 0.3 is 0 Å². The number of aromatic nitrogens is 1. The average molecular weight is 362 g/mol. The SMILES string of the molecule is CCc1cccc(Cn2c3cc(Cl)c[c]c3c3c(C(N)=O)cccc32)c1. The number of hydrogen-bond acceptors (Lipinski definition) is 1. The van der Waals surface area contributed by atoms with Crippen molar-refractivity contribution in [3.05, 3.63) is 82.4 Å². The predicted molar refractivity (Wildman–Crippen MR) is 107 cm³/mol. The molecular weight excluding hydrogens is 344 g/mol. The molecule has 3 aromatic carbocycles. The lowest BCUT2D eigenvalue weighted by molar-refractivity contribution is 0.100. The first-order chi connectivity index (χ1) is 12.6. The fourth-order valence-corrected chi connectivity index (χ4v) is 3.69. The van der Waals surface area contributed by atoms with Crippen molar-refractivity contribution in [2.75, 3.05) is 0 Å². The summed E-state index contributed by atoms with van der Waals surface area (Å²) in [4.78, 5) is 11.9. The van der Waals surface area contributed by atoms with Crippen molar-refractivity contribution in [1.82, 2.24) is 4.57 Å². The van der Waals surface area contributed by atoms with Crippen molar-refractivity contribution < 1.29 is 4.79 Å². The zero-order valence-electron chi connectivity index (χ0n) is 14.4. The Morgan fingerprint density at radius 3 is 2.65 bits per heavy atom. The summed E-state index contributed by atoms with van der Waals surface area (Å²) in [5, 5.41) is 2.31. The summed E-state index contributed by atoms with van der Waals surface area (Å²) < 4.78 is 2.17. The van der Waals surface area contributed by atoms with Crippen LogP contribution in [0.2, 0.25) is 5.02 Å². The second-order valence-corrected chi connectivity index (χ2v) is 6.84. The Morgan fingerprint density at radius 2 is 1.88 bits per heavy atom. The van der Waals surface area contributed by atoms with Crippen LogP contribution in [-0.4, -0.2) is 10.5 Å². The summed E-state index contributed by atoms with van der Waals surface area (Å²) in [6.07, 6.45) is 0.993. The van der Waals surface area contributed by atoms with Crippen molar-refractivity contribution in [2.45, 2.75) is 19.9 Å². The highest BCUT2D eigenvalue weighted by Crippen LogP contribution is 2.33. The van der Waals surface area contributed by atoms with Gasteiger partial charge in [-0.2, -0.15) is 0 Å². The number of nitrogens with zero attached hydrogens (tertiary/aromatic N) is 1. The summed E-state index contributed by atoms with van der Waals surface area (Å²) >= 11 is 6.23. The zero-order valence-corrected chi connectivity index (χ0v) is 15.2. The molecule has 1 heterocycles. The van der Waals surface area contributed by atoms with Crippen LogP contribution in [0.4, 0.5) is 0 Å². The van der Waals surface area contributed by atoms with E-state index in [-0.39, 0.29) is 0 Å². The number of carbonyl (C=O) groups excluding carboxylic acids is 1. The Kier molecular flexibility index (Phi) is 4.17. The third-order valence-electron chi connectivity index (χ3n) is 4.76. The van der Waals surface area contributed by atoms with Crippen LogP contribution in [0.1, 0.15) is 28.4 Å². The lowest BCUT2D eigenvalue weighted by atomic mass is 10.1. The number of nitrogens with two attached hydrogens (primary N) is 1. The molecule has 1 aromatic heterocycles. The van der Waals surface area contributed by atoms with E-state index >= 15 is 0 Å². The van der Waals surface area contributed by atoms with Gasteiger partial charge in [0.25, 0.3) is 0 Å². The fraction of sp³-hybridized carbons (Fsp3) is 0.136. The summed E-state index contributed by atoms with van der Waals surface area (Å²) in [5.74, 6) is -0.439. The van der Waals surface area contributed by atoms with Crippen LogP contribution < -0.4 is 5.73 Å². The highest BCUT2D eigenvalue weighted by molar-refractivity contribution is 6.31. The van der Waals surface area contributed by atoms with E-state index in [9.17, 15) is 4.79 Å². The summed E-state index contributed by atoms with van der Waals surface area (Å²) in [5.41, 5.74) is 10.5. The lowest BCUT2D eigenvalue weighted by Crippen LogP contribution is -2.11. The molecule has 0 saturated heterocycles. The van der Waals surface area contributed by atoms with E-state index in [4.69, 9.17) is 17.3 Å². The molecule has 0 aliphatic rings. The fourth-order valence-electron chi connectivity index (χ4n) is 3.54. The number of fused-ring (bicyclic) bond motifs is 3. The smallest absolute Gasteiger partial charge is 0.249 e. The van der Waals surface area contributed by atoms with Gasteiger partial charge in [-0.1, -0.05) is 48.9 Å². The highest BCUT2D eigenvalue weighted by Gasteiger charge is 2.17. The van der Waals surface area contributed by atoms with Crippen LogP contribution in [-0.2, 0) is 13.0 Å². The molecule has 0 fully saturated rings. The summed E-state index contributed by atoms with van der Waals surface area (Å²) in [6, 6.07) is 21.0. The molecule has 4 rings (SSSR count). The largest absolute Gasteiger partial charge is 0.366 e. The molecule has 0 aliphatic heterocycles. The van der Waals surface area contributed by atoms with Crippen molar-refractivity contribution in [1.29, 1.82) is 0 Å². The molecule has 2 N–H and O–H groups in total. The van der Waals surface area contributed by atoms with Gasteiger partial charge in [-0.3, -0.25) is 4.79 Å². The minimum atomic E-state index is -0.439. The second kappa shape index (κ2) is 6.50. The van der Waals surface area contributed by atoms with Gasteiger partial charge in [-0.25, -0.2) is 0 Å². The number of aryl methyl sites for hydroxylation is 1. The third kappa shape index (κ3) is 2.74. The van der Waals surface area contributed by atoms with E-state index < -0.39 is 5.91 Å². The summed E-state index contributed by atoms with van der Waals surface area (Å²) in [7, 11) is 0. The predicted octanol–water partition coefficient (Wildman–Crippen LogP) is 4.96. The van der Waals surface area contributed by atoms with Gasteiger partial charge in [-0.05, 0) is 47.9 Å². The normalized spacial score (nSPS) is 11.3. The molecular formula is C22H18ClN2O. The van der Waals surface area contributed by atoms with Crippen molar-refractivity contribution in [3.8, 4) is 0 Å². The minimum Gasteiger partial charge on any atom is -0.366 e. The Balaban J connectivity index is 2.01. The minimum absolute atomic E-state index is 0.439. The molecule has 0 aliphatic carbocycles. The number of amides is 1. The number of rotatable bonds is 4.